The molecular formula is C10H18N2S2. The first-order valence-electron chi connectivity index (χ1n) is 5.45. The highest BCUT2D eigenvalue weighted by molar-refractivity contribution is 8.14. The van der Waals surface area contributed by atoms with E-state index in [9.17, 15) is 0 Å². The van der Waals surface area contributed by atoms with Crippen LogP contribution in [0.2, 0.25) is 0 Å². The van der Waals surface area contributed by atoms with Crippen molar-refractivity contribution < 1.29 is 0 Å². The highest BCUT2D eigenvalue weighted by Crippen LogP contribution is 2.30. The van der Waals surface area contributed by atoms with E-state index in [-0.39, 0.29) is 0 Å². The van der Waals surface area contributed by atoms with Gasteiger partial charge in [0.1, 0.15) is 0 Å². The zero-order valence-electron chi connectivity index (χ0n) is 8.66. The minimum absolute atomic E-state index is 0.685. The van der Waals surface area contributed by atoms with Gasteiger partial charge in [-0.1, -0.05) is 25.1 Å². The van der Waals surface area contributed by atoms with Crippen LogP contribution in [-0.4, -0.2) is 34.5 Å². The summed E-state index contributed by atoms with van der Waals surface area (Å²) in [6, 6.07) is 0.685. The van der Waals surface area contributed by atoms with Crippen LogP contribution in [0.25, 0.3) is 0 Å². The highest BCUT2D eigenvalue weighted by Gasteiger charge is 2.28. The quantitative estimate of drug-likeness (QED) is 0.805. The number of aliphatic imine (C=N–C) groups is 1. The predicted molar refractivity (Wildman–Crippen MR) is 67.5 cm³/mol. The average molecular weight is 230 g/mol. The SMILES string of the molecule is CCSC1CCCC1NC1=NCCS1. The Hall–Kier alpha value is 0.170. The normalized spacial score (nSPS) is 31.9. The van der Waals surface area contributed by atoms with E-state index in [0.717, 1.165) is 11.8 Å². The van der Waals surface area contributed by atoms with E-state index < -0.39 is 0 Å². The minimum Gasteiger partial charge on any atom is -0.361 e. The summed E-state index contributed by atoms with van der Waals surface area (Å²) in [5.41, 5.74) is 0. The van der Waals surface area contributed by atoms with Gasteiger partial charge in [-0.25, -0.2) is 0 Å². The van der Waals surface area contributed by atoms with Crippen molar-refractivity contribution in [3.63, 3.8) is 0 Å². The number of rotatable bonds is 3. The molecule has 1 N–H and O–H groups in total. The second-order valence-electron chi connectivity index (χ2n) is 3.71. The van der Waals surface area contributed by atoms with Crippen LogP contribution >= 0.6 is 23.5 Å². The van der Waals surface area contributed by atoms with Crippen LogP contribution in [0.15, 0.2) is 4.99 Å². The van der Waals surface area contributed by atoms with Crippen molar-refractivity contribution in [2.45, 2.75) is 37.5 Å². The summed E-state index contributed by atoms with van der Waals surface area (Å²) in [6.07, 6.45) is 4.10. The van der Waals surface area contributed by atoms with Crippen molar-refractivity contribution in [3.05, 3.63) is 0 Å². The molecule has 2 rings (SSSR count). The van der Waals surface area contributed by atoms with Gasteiger partial charge in [0.05, 0.1) is 6.54 Å². The van der Waals surface area contributed by atoms with Crippen molar-refractivity contribution >= 4 is 28.7 Å². The molecule has 14 heavy (non-hydrogen) atoms. The van der Waals surface area contributed by atoms with Gasteiger partial charge in [0.15, 0.2) is 5.17 Å². The second-order valence-corrected chi connectivity index (χ2v) is 6.31. The Balaban J connectivity index is 1.83. The van der Waals surface area contributed by atoms with Crippen LogP contribution in [-0.2, 0) is 0 Å². The molecule has 0 aromatic heterocycles. The molecule has 0 amide bonds. The summed E-state index contributed by atoms with van der Waals surface area (Å²) in [4.78, 5) is 4.45. The predicted octanol–water partition coefficient (Wildman–Crippen LogP) is 2.35. The van der Waals surface area contributed by atoms with Gasteiger partial charge in [-0.3, -0.25) is 4.99 Å². The third kappa shape index (κ3) is 2.60. The zero-order chi connectivity index (χ0) is 9.80. The number of nitrogens with one attached hydrogen (secondary N) is 1. The van der Waals surface area contributed by atoms with Crippen LogP contribution in [0, 0.1) is 0 Å². The van der Waals surface area contributed by atoms with E-state index >= 15 is 0 Å². The summed E-state index contributed by atoms with van der Waals surface area (Å²) >= 11 is 3.98. The molecule has 2 atom stereocenters. The summed E-state index contributed by atoms with van der Waals surface area (Å²) in [5, 5.41) is 5.62. The molecular weight excluding hydrogens is 212 g/mol. The van der Waals surface area contributed by atoms with Crippen molar-refractivity contribution in [3.8, 4) is 0 Å². The van der Waals surface area contributed by atoms with Gasteiger partial charge in [-0.05, 0) is 18.6 Å². The van der Waals surface area contributed by atoms with E-state index in [1.807, 2.05) is 11.8 Å². The van der Waals surface area contributed by atoms with Gasteiger partial charge in [0.25, 0.3) is 0 Å². The maximum atomic E-state index is 4.45. The average Bonchev–Trinajstić information content (AvgIpc) is 2.80. The number of amidine groups is 1. The lowest BCUT2D eigenvalue weighted by molar-refractivity contribution is 0.646. The molecule has 0 bridgehead atoms. The fraction of sp³-hybridized carbons (Fsp3) is 0.900. The summed E-state index contributed by atoms with van der Waals surface area (Å²) in [7, 11) is 0. The highest BCUT2D eigenvalue weighted by atomic mass is 32.2. The van der Waals surface area contributed by atoms with Crippen molar-refractivity contribution in [2.24, 2.45) is 4.99 Å². The Morgan fingerprint density at radius 1 is 1.57 bits per heavy atom. The minimum atomic E-state index is 0.685. The van der Waals surface area contributed by atoms with Crippen LogP contribution < -0.4 is 5.32 Å². The molecule has 80 valence electrons. The van der Waals surface area contributed by atoms with Gasteiger partial charge >= 0.3 is 0 Å². The van der Waals surface area contributed by atoms with Gasteiger partial charge in [0, 0.05) is 17.0 Å². The number of hydrogen-bond acceptors (Lipinski definition) is 4. The first kappa shape index (κ1) is 10.7. The first-order chi connectivity index (χ1) is 6.90. The standard InChI is InChI=1S/C10H18N2S2/c1-2-13-9-5-3-4-8(9)12-10-11-6-7-14-10/h8-9H,2-7H2,1H3,(H,11,12). The van der Waals surface area contributed by atoms with Crippen LogP contribution in [0.4, 0.5) is 0 Å². The number of nitrogens with zero attached hydrogens (tertiary/aromatic N) is 1. The Labute approximate surface area is 94.7 Å². The van der Waals surface area contributed by atoms with E-state index in [4.69, 9.17) is 0 Å². The first-order valence-corrected chi connectivity index (χ1v) is 7.49. The van der Waals surface area contributed by atoms with E-state index in [1.54, 1.807) is 0 Å². The Morgan fingerprint density at radius 2 is 2.50 bits per heavy atom. The summed E-state index contributed by atoms with van der Waals surface area (Å²) < 4.78 is 0. The molecule has 1 aliphatic carbocycles. The van der Waals surface area contributed by atoms with Gasteiger partial charge in [-0.2, -0.15) is 11.8 Å². The van der Waals surface area contributed by atoms with Crippen LogP contribution in [0.3, 0.4) is 0 Å². The van der Waals surface area contributed by atoms with Crippen LogP contribution in [0.5, 0.6) is 0 Å². The van der Waals surface area contributed by atoms with Gasteiger partial charge < -0.3 is 5.32 Å². The van der Waals surface area contributed by atoms with Gasteiger partial charge in [-0.15, -0.1) is 0 Å². The van der Waals surface area contributed by atoms with Crippen molar-refractivity contribution in [1.29, 1.82) is 0 Å². The molecule has 2 unspecified atom stereocenters. The molecule has 1 aliphatic heterocycles. The second kappa shape index (κ2) is 5.31. The van der Waals surface area contributed by atoms with E-state index in [2.05, 4.69) is 29.0 Å². The Kier molecular flexibility index (Phi) is 4.05. The third-order valence-corrected chi connectivity index (χ3v) is 4.96. The summed E-state index contributed by atoms with van der Waals surface area (Å²) in [5.74, 6) is 2.41. The largest absolute Gasteiger partial charge is 0.361 e. The molecule has 0 saturated heterocycles. The maximum Gasteiger partial charge on any atom is 0.156 e. The lowest BCUT2D eigenvalue weighted by Gasteiger charge is -2.20. The molecule has 1 heterocycles. The molecule has 0 spiro atoms. The third-order valence-electron chi connectivity index (χ3n) is 2.73. The van der Waals surface area contributed by atoms with E-state index in [0.29, 0.717) is 6.04 Å². The Bertz CT molecular complexity index is 218. The molecule has 0 radical (unpaired) electrons. The monoisotopic (exact) mass is 230 g/mol. The molecule has 1 saturated carbocycles. The van der Waals surface area contributed by atoms with Crippen molar-refractivity contribution in [2.75, 3.05) is 18.1 Å². The molecule has 2 aliphatic rings. The van der Waals surface area contributed by atoms with Gasteiger partial charge in [0.2, 0.25) is 0 Å². The molecule has 0 aromatic carbocycles. The zero-order valence-corrected chi connectivity index (χ0v) is 10.3. The number of hydrogen-bond donors (Lipinski definition) is 1. The van der Waals surface area contributed by atoms with E-state index in [1.165, 1.54) is 35.9 Å². The number of thioether (sulfide) groups is 2. The van der Waals surface area contributed by atoms with Crippen LogP contribution in [0.1, 0.15) is 26.2 Å². The molecule has 0 aromatic rings. The fourth-order valence-corrected chi connectivity index (χ4v) is 4.08. The lowest BCUT2D eigenvalue weighted by atomic mass is 10.2. The maximum absolute atomic E-state index is 4.45. The Morgan fingerprint density at radius 3 is 3.21 bits per heavy atom. The summed E-state index contributed by atoms with van der Waals surface area (Å²) in [6.45, 7) is 3.26. The molecule has 4 heteroatoms. The smallest absolute Gasteiger partial charge is 0.156 e. The molecule has 2 nitrogen and oxygen atoms in total. The lowest BCUT2D eigenvalue weighted by Crippen LogP contribution is -2.36. The van der Waals surface area contributed by atoms with Crippen molar-refractivity contribution in [1.82, 2.24) is 5.32 Å². The molecule has 1 fully saturated rings. The topological polar surface area (TPSA) is 24.4 Å². The fourth-order valence-electron chi connectivity index (χ4n) is 2.09.